The van der Waals surface area contributed by atoms with Crippen LogP contribution in [0.3, 0.4) is 0 Å². The van der Waals surface area contributed by atoms with Gasteiger partial charge < -0.3 is 10.5 Å². The van der Waals surface area contributed by atoms with Crippen LogP contribution in [0.5, 0.6) is 5.75 Å². The molecule has 92 valence electrons. The highest BCUT2D eigenvalue weighted by atomic mass is 32.1. The van der Waals surface area contributed by atoms with Gasteiger partial charge in [-0.15, -0.1) is 0 Å². The molecule has 4 heteroatoms. The molecule has 0 saturated heterocycles. The minimum Gasteiger partial charge on any atom is -0.489 e. The summed E-state index contributed by atoms with van der Waals surface area (Å²) in [6.45, 7) is 0.324. The van der Waals surface area contributed by atoms with E-state index in [9.17, 15) is 4.39 Å². The van der Waals surface area contributed by atoms with Gasteiger partial charge in [-0.2, -0.15) is 0 Å². The van der Waals surface area contributed by atoms with Crippen LogP contribution < -0.4 is 10.5 Å². The molecule has 2 rings (SSSR count). The summed E-state index contributed by atoms with van der Waals surface area (Å²) in [6, 6.07) is 13.5. The van der Waals surface area contributed by atoms with E-state index in [2.05, 4.69) is 0 Å². The van der Waals surface area contributed by atoms with Crippen LogP contribution in [-0.2, 0) is 6.61 Å². The van der Waals surface area contributed by atoms with Gasteiger partial charge in [-0.25, -0.2) is 4.39 Å². The Hall–Kier alpha value is -1.94. The molecule has 2 nitrogen and oxygen atoms in total. The molecular formula is C14H12FNOS. The second-order valence-corrected chi connectivity index (χ2v) is 4.25. The molecule has 0 aliphatic carbocycles. The van der Waals surface area contributed by atoms with E-state index in [4.69, 9.17) is 22.7 Å². The average Bonchev–Trinajstić information content (AvgIpc) is 2.37. The Kier molecular flexibility index (Phi) is 3.89. The Bertz CT molecular complexity index is 554. The topological polar surface area (TPSA) is 35.2 Å². The van der Waals surface area contributed by atoms with Crippen molar-refractivity contribution in [2.75, 3.05) is 0 Å². The molecule has 0 amide bonds. The molecule has 0 heterocycles. The number of nitrogens with two attached hydrogens (primary N) is 1. The summed E-state index contributed by atoms with van der Waals surface area (Å²) in [5, 5.41) is 0. The second kappa shape index (κ2) is 5.60. The quantitative estimate of drug-likeness (QED) is 0.859. The van der Waals surface area contributed by atoms with Crippen LogP contribution in [0.1, 0.15) is 11.1 Å². The third kappa shape index (κ3) is 3.28. The standard InChI is InChI=1S/C14H12FNOS/c15-12-3-1-2-10(8-12)9-17-13-6-4-11(5-7-13)14(16)18/h1-8H,9H2,(H2,16,18). The van der Waals surface area contributed by atoms with Gasteiger partial charge in [0.2, 0.25) is 0 Å². The number of hydrogen-bond donors (Lipinski definition) is 1. The van der Waals surface area contributed by atoms with Crippen LogP contribution in [0.4, 0.5) is 4.39 Å². The Labute approximate surface area is 110 Å². The molecular weight excluding hydrogens is 249 g/mol. The fourth-order valence-electron chi connectivity index (χ4n) is 1.51. The molecule has 0 fully saturated rings. The maximum atomic E-state index is 13.0. The molecule has 2 aromatic carbocycles. The van der Waals surface area contributed by atoms with Crippen molar-refractivity contribution in [1.82, 2.24) is 0 Å². The van der Waals surface area contributed by atoms with E-state index in [1.807, 2.05) is 6.07 Å². The largest absolute Gasteiger partial charge is 0.489 e. The van der Waals surface area contributed by atoms with Gasteiger partial charge >= 0.3 is 0 Å². The van der Waals surface area contributed by atoms with Gasteiger partial charge in [0.1, 0.15) is 23.2 Å². The minimum absolute atomic E-state index is 0.264. The molecule has 0 bridgehead atoms. The first-order chi connectivity index (χ1) is 8.65. The molecule has 0 aliphatic heterocycles. The smallest absolute Gasteiger partial charge is 0.123 e. The van der Waals surface area contributed by atoms with Gasteiger partial charge in [0, 0.05) is 5.56 Å². The van der Waals surface area contributed by atoms with Crippen molar-refractivity contribution in [3.8, 4) is 5.75 Å². The van der Waals surface area contributed by atoms with Gasteiger partial charge in [-0.1, -0.05) is 24.4 Å². The highest BCUT2D eigenvalue weighted by molar-refractivity contribution is 7.80. The molecule has 2 N–H and O–H groups in total. The molecule has 18 heavy (non-hydrogen) atoms. The Morgan fingerprint density at radius 2 is 1.89 bits per heavy atom. The third-order valence-electron chi connectivity index (χ3n) is 2.43. The highest BCUT2D eigenvalue weighted by Gasteiger charge is 1.99. The maximum Gasteiger partial charge on any atom is 0.123 e. The number of halogens is 1. The van der Waals surface area contributed by atoms with E-state index < -0.39 is 0 Å². The molecule has 2 aromatic rings. The second-order valence-electron chi connectivity index (χ2n) is 3.81. The van der Waals surface area contributed by atoms with E-state index in [-0.39, 0.29) is 5.82 Å². The summed E-state index contributed by atoms with van der Waals surface area (Å²) in [6.07, 6.45) is 0. The van der Waals surface area contributed by atoms with Gasteiger partial charge in [-0.05, 0) is 42.0 Å². The number of thiocarbonyl (C=S) groups is 1. The highest BCUT2D eigenvalue weighted by Crippen LogP contribution is 2.14. The van der Waals surface area contributed by atoms with Gasteiger partial charge in [0.15, 0.2) is 0 Å². The van der Waals surface area contributed by atoms with Crippen molar-refractivity contribution < 1.29 is 9.13 Å². The SMILES string of the molecule is NC(=S)c1ccc(OCc2cccc(F)c2)cc1. The summed E-state index contributed by atoms with van der Waals surface area (Å²) in [5.74, 6) is 0.430. The van der Waals surface area contributed by atoms with Crippen molar-refractivity contribution in [3.05, 3.63) is 65.5 Å². The third-order valence-corrected chi connectivity index (χ3v) is 2.67. The lowest BCUT2D eigenvalue weighted by atomic mass is 10.2. The molecule has 0 unspecified atom stereocenters. The molecule has 0 aliphatic rings. The van der Waals surface area contributed by atoms with Crippen LogP contribution >= 0.6 is 12.2 Å². The Morgan fingerprint density at radius 1 is 1.17 bits per heavy atom. The minimum atomic E-state index is -0.264. The summed E-state index contributed by atoms with van der Waals surface area (Å²) >= 11 is 4.86. The maximum absolute atomic E-state index is 13.0. The first-order valence-electron chi connectivity index (χ1n) is 5.42. The van der Waals surface area contributed by atoms with E-state index >= 15 is 0 Å². The van der Waals surface area contributed by atoms with E-state index in [0.29, 0.717) is 17.3 Å². The van der Waals surface area contributed by atoms with Gasteiger partial charge in [-0.3, -0.25) is 0 Å². The molecule has 0 spiro atoms. The molecule has 0 atom stereocenters. The number of rotatable bonds is 4. The van der Waals surface area contributed by atoms with Crippen LogP contribution in [-0.4, -0.2) is 4.99 Å². The zero-order valence-electron chi connectivity index (χ0n) is 9.60. The monoisotopic (exact) mass is 261 g/mol. The summed E-state index contributed by atoms with van der Waals surface area (Å²) in [4.78, 5) is 0.353. The summed E-state index contributed by atoms with van der Waals surface area (Å²) in [7, 11) is 0. The van der Waals surface area contributed by atoms with Crippen molar-refractivity contribution in [3.63, 3.8) is 0 Å². The molecule has 0 saturated carbocycles. The fraction of sp³-hybridized carbons (Fsp3) is 0.0714. The summed E-state index contributed by atoms with van der Waals surface area (Å²) in [5.41, 5.74) is 7.07. The van der Waals surface area contributed by atoms with Crippen molar-refractivity contribution in [2.24, 2.45) is 5.73 Å². The zero-order chi connectivity index (χ0) is 13.0. The fourth-order valence-corrected chi connectivity index (χ4v) is 1.64. The predicted molar refractivity (Wildman–Crippen MR) is 73.1 cm³/mol. The first kappa shape index (κ1) is 12.5. The molecule has 0 radical (unpaired) electrons. The van der Waals surface area contributed by atoms with Crippen LogP contribution in [0, 0.1) is 5.82 Å². The van der Waals surface area contributed by atoms with Crippen LogP contribution in [0.15, 0.2) is 48.5 Å². The van der Waals surface area contributed by atoms with E-state index in [1.54, 1.807) is 30.3 Å². The number of hydrogen-bond acceptors (Lipinski definition) is 2. The predicted octanol–water partition coefficient (Wildman–Crippen LogP) is 3.04. The molecule has 0 aromatic heterocycles. The lowest BCUT2D eigenvalue weighted by Crippen LogP contribution is -2.08. The van der Waals surface area contributed by atoms with E-state index in [1.165, 1.54) is 12.1 Å². The Balaban J connectivity index is 2.00. The first-order valence-corrected chi connectivity index (χ1v) is 5.83. The lowest BCUT2D eigenvalue weighted by molar-refractivity contribution is 0.305. The zero-order valence-corrected chi connectivity index (χ0v) is 10.4. The lowest BCUT2D eigenvalue weighted by Gasteiger charge is -2.07. The van der Waals surface area contributed by atoms with Gasteiger partial charge in [0.25, 0.3) is 0 Å². The van der Waals surface area contributed by atoms with Gasteiger partial charge in [0.05, 0.1) is 0 Å². The average molecular weight is 261 g/mol. The van der Waals surface area contributed by atoms with Crippen LogP contribution in [0.2, 0.25) is 0 Å². The van der Waals surface area contributed by atoms with Crippen molar-refractivity contribution in [1.29, 1.82) is 0 Å². The Morgan fingerprint density at radius 3 is 2.50 bits per heavy atom. The van der Waals surface area contributed by atoms with Crippen molar-refractivity contribution >= 4 is 17.2 Å². The van der Waals surface area contributed by atoms with Crippen LogP contribution in [0.25, 0.3) is 0 Å². The number of ether oxygens (including phenoxy) is 1. The summed E-state index contributed by atoms with van der Waals surface area (Å²) < 4.78 is 18.5. The number of benzene rings is 2. The van der Waals surface area contributed by atoms with Crippen molar-refractivity contribution in [2.45, 2.75) is 6.61 Å². The van der Waals surface area contributed by atoms with E-state index in [0.717, 1.165) is 11.1 Å². The normalized spacial score (nSPS) is 10.1.